The Morgan fingerprint density at radius 2 is 2.00 bits per heavy atom. The van der Waals surface area contributed by atoms with Crippen LogP contribution >= 0.6 is 0 Å². The van der Waals surface area contributed by atoms with E-state index in [1.54, 1.807) is 0 Å². The first-order chi connectivity index (χ1) is 7.86. The molecule has 0 saturated carbocycles. The van der Waals surface area contributed by atoms with Crippen molar-refractivity contribution in [2.45, 2.75) is 24.7 Å². The highest BCUT2D eigenvalue weighted by atomic mass is 32.2. The van der Waals surface area contributed by atoms with Gasteiger partial charge in [0.2, 0.25) is 10.0 Å². The van der Waals surface area contributed by atoms with Gasteiger partial charge in [0.05, 0.1) is 6.61 Å². The van der Waals surface area contributed by atoms with Gasteiger partial charge in [-0.2, -0.15) is 0 Å². The van der Waals surface area contributed by atoms with Crippen LogP contribution in [-0.4, -0.2) is 15.0 Å². The Labute approximate surface area is 98.4 Å². The van der Waals surface area contributed by atoms with Gasteiger partial charge in [0.1, 0.15) is 10.7 Å². The molecule has 7 heteroatoms. The molecule has 0 aliphatic carbocycles. The van der Waals surface area contributed by atoms with Gasteiger partial charge in [0, 0.05) is 6.07 Å². The molecule has 0 heterocycles. The molecule has 0 bridgehead atoms. The van der Waals surface area contributed by atoms with Crippen LogP contribution in [0.15, 0.2) is 17.0 Å². The topological polar surface area (TPSA) is 69.4 Å². The third-order valence-electron chi connectivity index (χ3n) is 2.03. The molecule has 0 amide bonds. The average molecular weight is 265 g/mol. The number of halogens is 2. The van der Waals surface area contributed by atoms with Crippen molar-refractivity contribution in [3.63, 3.8) is 0 Å². The van der Waals surface area contributed by atoms with Crippen molar-refractivity contribution in [2.24, 2.45) is 5.14 Å². The molecule has 0 saturated heterocycles. The second-order valence-corrected chi connectivity index (χ2v) is 4.99. The number of rotatable bonds is 5. The van der Waals surface area contributed by atoms with Crippen LogP contribution in [0.2, 0.25) is 0 Å². The summed E-state index contributed by atoms with van der Waals surface area (Å²) in [5, 5.41) is 4.86. The summed E-state index contributed by atoms with van der Waals surface area (Å²) in [6.07, 6.45) is 1.42. The molecular weight excluding hydrogens is 252 g/mol. The second kappa shape index (κ2) is 5.42. The number of sulfonamides is 1. The summed E-state index contributed by atoms with van der Waals surface area (Å²) in [7, 11) is -4.22. The van der Waals surface area contributed by atoms with Crippen molar-refractivity contribution >= 4 is 10.0 Å². The van der Waals surface area contributed by atoms with Gasteiger partial charge in [0.15, 0.2) is 11.6 Å². The lowest BCUT2D eigenvalue weighted by atomic mass is 10.3. The van der Waals surface area contributed by atoms with Crippen LogP contribution < -0.4 is 9.88 Å². The summed E-state index contributed by atoms with van der Waals surface area (Å²) < 4.78 is 53.6. The lowest BCUT2D eigenvalue weighted by molar-refractivity contribution is 0.284. The number of unbranched alkanes of at least 4 members (excludes halogenated alkanes) is 1. The van der Waals surface area contributed by atoms with Crippen molar-refractivity contribution in [1.82, 2.24) is 0 Å². The predicted molar refractivity (Wildman–Crippen MR) is 58.1 cm³/mol. The van der Waals surface area contributed by atoms with Crippen molar-refractivity contribution in [3.8, 4) is 5.75 Å². The highest BCUT2D eigenvalue weighted by Crippen LogP contribution is 2.27. The number of hydrogen-bond donors (Lipinski definition) is 1. The minimum absolute atomic E-state index is 0.140. The van der Waals surface area contributed by atoms with E-state index in [2.05, 4.69) is 0 Å². The van der Waals surface area contributed by atoms with Gasteiger partial charge in [-0.1, -0.05) is 13.3 Å². The summed E-state index contributed by atoms with van der Waals surface area (Å²) in [4.78, 5) is -0.675. The lowest BCUT2D eigenvalue weighted by Crippen LogP contribution is -2.15. The van der Waals surface area contributed by atoms with Gasteiger partial charge >= 0.3 is 0 Å². The quantitative estimate of drug-likeness (QED) is 0.825. The maximum Gasteiger partial charge on any atom is 0.241 e. The third-order valence-corrected chi connectivity index (χ3v) is 2.94. The molecule has 4 nitrogen and oxygen atoms in total. The molecule has 0 aliphatic rings. The van der Waals surface area contributed by atoms with Crippen LogP contribution in [0.4, 0.5) is 8.78 Å². The van der Waals surface area contributed by atoms with E-state index < -0.39 is 32.3 Å². The summed E-state index contributed by atoms with van der Waals surface area (Å²) >= 11 is 0. The minimum atomic E-state index is -4.22. The maximum absolute atomic E-state index is 13.4. The summed E-state index contributed by atoms with van der Waals surface area (Å²) in [5.41, 5.74) is 0. The van der Waals surface area contributed by atoms with Crippen molar-refractivity contribution in [1.29, 1.82) is 0 Å². The van der Waals surface area contributed by atoms with Crippen LogP contribution in [-0.2, 0) is 10.0 Å². The monoisotopic (exact) mass is 265 g/mol. The number of nitrogens with two attached hydrogens (primary N) is 1. The highest BCUT2D eigenvalue weighted by molar-refractivity contribution is 7.89. The molecule has 96 valence electrons. The fourth-order valence-corrected chi connectivity index (χ4v) is 1.90. The lowest BCUT2D eigenvalue weighted by Gasteiger charge is -2.10. The Morgan fingerprint density at radius 1 is 1.35 bits per heavy atom. The molecule has 0 aromatic heterocycles. The Bertz CT molecular complexity index is 503. The molecule has 0 spiro atoms. The molecule has 1 aromatic rings. The first-order valence-corrected chi connectivity index (χ1v) is 6.55. The van der Waals surface area contributed by atoms with Gasteiger partial charge in [-0.15, -0.1) is 0 Å². The van der Waals surface area contributed by atoms with Crippen molar-refractivity contribution in [3.05, 3.63) is 23.8 Å². The standard InChI is InChI=1S/C10H13F2NO3S/c1-2-3-4-16-10-8(12)5-7(11)6-9(10)17(13,14)15/h5-6H,2-4H2,1H3,(H2,13,14,15). The normalized spacial score (nSPS) is 11.5. The van der Waals surface area contributed by atoms with Crippen molar-refractivity contribution in [2.75, 3.05) is 6.61 Å². The Kier molecular flexibility index (Phi) is 4.41. The molecule has 0 radical (unpaired) electrons. The van der Waals surface area contributed by atoms with E-state index in [4.69, 9.17) is 9.88 Å². The van der Waals surface area contributed by atoms with Gasteiger partial charge in [-0.05, 0) is 12.5 Å². The third kappa shape index (κ3) is 3.64. The Balaban J connectivity index is 3.17. The van der Waals surface area contributed by atoms with E-state index in [1.807, 2.05) is 6.92 Å². The maximum atomic E-state index is 13.4. The van der Waals surface area contributed by atoms with E-state index in [-0.39, 0.29) is 6.61 Å². The van der Waals surface area contributed by atoms with Gasteiger partial charge in [0.25, 0.3) is 0 Å². The molecule has 0 atom stereocenters. The van der Waals surface area contributed by atoms with E-state index in [0.717, 1.165) is 6.42 Å². The smallest absolute Gasteiger partial charge is 0.241 e. The first-order valence-electron chi connectivity index (χ1n) is 5.01. The zero-order valence-corrected chi connectivity index (χ0v) is 10.1. The van der Waals surface area contributed by atoms with Gasteiger partial charge < -0.3 is 4.74 Å². The molecule has 1 aromatic carbocycles. The summed E-state index contributed by atoms with van der Waals surface area (Å²) in [5.74, 6) is -2.62. The second-order valence-electron chi connectivity index (χ2n) is 3.46. The van der Waals surface area contributed by atoms with E-state index in [1.165, 1.54) is 0 Å². The van der Waals surface area contributed by atoms with Crippen LogP contribution in [0, 0.1) is 11.6 Å². The zero-order chi connectivity index (χ0) is 13.1. The largest absolute Gasteiger partial charge is 0.489 e. The molecule has 17 heavy (non-hydrogen) atoms. The van der Waals surface area contributed by atoms with E-state index >= 15 is 0 Å². The zero-order valence-electron chi connectivity index (χ0n) is 9.24. The van der Waals surface area contributed by atoms with Gasteiger partial charge in [-0.25, -0.2) is 22.3 Å². The molecule has 0 unspecified atom stereocenters. The first kappa shape index (κ1) is 13.9. The fraction of sp³-hybridized carbons (Fsp3) is 0.400. The fourth-order valence-electron chi connectivity index (χ4n) is 1.21. The van der Waals surface area contributed by atoms with Gasteiger partial charge in [-0.3, -0.25) is 0 Å². The van der Waals surface area contributed by atoms with Crippen LogP contribution in [0.25, 0.3) is 0 Å². The van der Waals surface area contributed by atoms with E-state index in [9.17, 15) is 17.2 Å². The highest BCUT2D eigenvalue weighted by Gasteiger charge is 2.21. The van der Waals surface area contributed by atoms with Crippen LogP contribution in [0.3, 0.4) is 0 Å². The molecular formula is C10H13F2NO3S. The minimum Gasteiger partial charge on any atom is -0.489 e. The molecule has 1 rings (SSSR count). The summed E-state index contributed by atoms with van der Waals surface area (Å²) in [6.45, 7) is 2.03. The number of ether oxygens (including phenoxy) is 1. The Morgan fingerprint density at radius 3 is 2.53 bits per heavy atom. The molecule has 0 fully saturated rings. The predicted octanol–water partition coefficient (Wildman–Crippen LogP) is 1.79. The SMILES string of the molecule is CCCCOc1c(F)cc(F)cc1S(N)(=O)=O. The van der Waals surface area contributed by atoms with Crippen LogP contribution in [0.1, 0.15) is 19.8 Å². The molecule has 0 aliphatic heterocycles. The van der Waals surface area contributed by atoms with E-state index in [0.29, 0.717) is 18.6 Å². The molecule has 2 N–H and O–H groups in total. The average Bonchev–Trinajstić information content (AvgIpc) is 2.19. The Hall–Kier alpha value is -1.21. The number of primary sulfonamides is 1. The van der Waals surface area contributed by atoms with Crippen molar-refractivity contribution < 1.29 is 21.9 Å². The van der Waals surface area contributed by atoms with Crippen LogP contribution in [0.5, 0.6) is 5.75 Å². The number of benzene rings is 1. The summed E-state index contributed by atoms with van der Waals surface area (Å²) in [6, 6.07) is 1.19. The number of hydrogen-bond acceptors (Lipinski definition) is 3.